The Morgan fingerprint density at radius 3 is 3.09 bits per heavy atom. The maximum atomic E-state index is 4.26. The highest BCUT2D eigenvalue weighted by molar-refractivity contribution is 9.10. The molecule has 0 fully saturated rings. The van der Waals surface area contributed by atoms with Crippen LogP contribution in [-0.4, -0.2) is 9.61 Å². The predicted molar refractivity (Wildman–Crippen MR) is 47.6 cm³/mol. The molecule has 0 aliphatic heterocycles. The number of pyridine rings is 1. The maximum absolute atomic E-state index is 4.26. The van der Waals surface area contributed by atoms with Crippen LogP contribution >= 0.6 is 15.9 Å². The molecular formula is C8H7BrN2. The molecule has 2 rings (SSSR count). The molecule has 0 amide bonds. The van der Waals surface area contributed by atoms with Crippen molar-refractivity contribution in [3.8, 4) is 0 Å². The number of fused-ring (bicyclic) bond motifs is 1. The molecule has 2 aromatic heterocycles. The van der Waals surface area contributed by atoms with Gasteiger partial charge in [0.2, 0.25) is 0 Å². The highest BCUT2D eigenvalue weighted by atomic mass is 79.9. The van der Waals surface area contributed by atoms with E-state index in [1.165, 1.54) is 0 Å². The molecule has 2 heterocycles. The van der Waals surface area contributed by atoms with Crippen LogP contribution in [0.25, 0.3) is 5.52 Å². The van der Waals surface area contributed by atoms with Crippen LogP contribution < -0.4 is 0 Å². The second-order valence-electron chi connectivity index (χ2n) is 2.47. The highest BCUT2D eigenvalue weighted by Crippen LogP contribution is 2.17. The summed E-state index contributed by atoms with van der Waals surface area (Å²) in [5.74, 6) is 0. The van der Waals surface area contributed by atoms with Gasteiger partial charge in [0, 0.05) is 10.7 Å². The lowest BCUT2D eigenvalue weighted by molar-refractivity contribution is 0.932. The van der Waals surface area contributed by atoms with Gasteiger partial charge in [-0.3, -0.25) is 0 Å². The van der Waals surface area contributed by atoms with E-state index in [0.29, 0.717) is 0 Å². The van der Waals surface area contributed by atoms with Crippen molar-refractivity contribution in [2.75, 3.05) is 0 Å². The summed E-state index contributed by atoms with van der Waals surface area (Å²) < 4.78 is 2.94. The molecule has 11 heavy (non-hydrogen) atoms. The molecule has 0 N–H and O–H groups in total. The second-order valence-corrected chi connectivity index (χ2v) is 3.33. The predicted octanol–water partition coefficient (Wildman–Crippen LogP) is 2.41. The standard InChI is InChI=1S/C8H7BrN2/c1-6-5-8-7(9)3-2-4-11(8)10-6/h2-5H,1H3. The van der Waals surface area contributed by atoms with E-state index in [4.69, 9.17) is 0 Å². The zero-order valence-corrected chi connectivity index (χ0v) is 7.67. The molecule has 2 nitrogen and oxygen atoms in total. The first-order chi connectivity index (χ1) is 5.27. The number of aromatic nitrogens is 2. The Labute approximate surface area is 73.0 Å². The van der Waals surface area contributed by atoms with Crippen molar-refractivity contribution < 1.29 is 0 Å². The van der Waals surface area contributed by atoms with Crippen LogP contribution in [0.1, 0.15) is 5.69 Å². The van der Waals surface area contributed by atoms with E-state index in [1.807, 2.05) is 35.8 Å². The van der Waals surface area contributed by atoms with Gasteiger partial charge in [0.05, 0.1) is 11.2 Å². The molecule has 0 aromatic carbocycles. The lowest BCUT2D eigenvalue weighted by Gasteiger charge is -1.92. The first-order valence-electron chi connectivity index (χ1n) is 3.38. The van der Waals surface area contributed by atoms with Crippen LogP contribution in [0.2, 0.25) is 0 Å². The number of halogens is 1. The van der Waals surface area contributed by atoms with E-state index in [1.54, 1.807) is 0 Å². The molecule has 0 aliphatic rings. The number of nitrogens with zero attached hydrogens (tertiary/aromatic N) is 2. The zero-order chi connectivity index (χ0) is 7.84. The third kappa shape index (κ3) is 1.05. The minimum Gasteiger partial charge on any atom is -0.240 e. The van der Waals surface area contributed by atoms with Crippen molar-refractivity contribution in [3.63, 3.8) is 0 Å². The molecule has 0 atom stereocenters. The van der Waals surface area contributed by atoms with E-state index in [2.05, 4.69) is 21.0 Å². The van der Waals surface area contributed by atoms with Crippen molar-refractivity contribution in [2.24, 2.45) is 0 Å². The van der Waals surface area contributed by atoms with Gasteiger partial charge < -0.3 is 0 Å². The van der Waals surface area contributed by atoms with Crippen LogP contribution in [-0.2, 0) is 0 Å². The fraction of sp³-hybridized carbons (Fsp3) is 0.125. The summed E-state index contributed by atoms with van der Waals surface area (Å²) in [6, 6.07) is 6.02. The van der Waals surface area contributed by atoms with Gasteiger partial charge in [-0.1, -0.05) is 0 Å². The number of hydrogen-bond acceptors (Lipinski definition) is 1. The van der Waals surface area contributed by atoms with Crippen molar-refractivity contribution in [2.45, 2.75) is 6.92 Å². The smallest absolute Gasteiger partial charge is 0.0806 e. The Balaban J connectivity index is 2.90. The Morgan fingerprint density at radius 2 is 2.36 bits per heavy atom. The van der Waals surface area contributed by atoms with Crippen LogP contribution in [0.5, 0.6) is 0 Å². The van der Waals surface area contributed by atoms with E-state index < -0.39 is 0 Å². The van der Waals surface area contributed by atoms with Crippen molar-refractivity contribution in [1.29, 1.82) is 0 Å². The van der Waals surface area contributed by atoms with Gasteiger partial charge in [-0.15, -0.1) is 0 Å². The molecule has 0 spiro atoms. The number of aryl methyl sites for hydroxylation is 1. The monoisotopic (exact) mass is 210 g/mol. The molecule has 3 heteroatoms. The quantitative estimate of drug-likeness (QED) is 0.653. The summed E-state index contributed by atoms with van der Waals surface area (Å²) in [7, 11) is 0. The van der Waals surface area contributed by atoms with Crippen molar-refractivity contribution in [3.05, 3.63) is 34.6 Å². The third-order valence-corrected chi connectivity index (χ3v) is 2.24. The van der Waals surface area contributed by atoms with Gasteiger partial charge in [-0.25, -0.2) is 4.52 Å². The highest BCUT2D eigenvalue weighted by Gasteiger charge is 1.98. The molecule has 0 unspecified atom stereocenters. The molecule has 0 bridgehead atoms. The largest absolute Gasteiger partial charge is 0.240 e. The van der Waals surface area contributed by atoms with Crippen LogP contribution in [0.3, 0.4) is 0 Å². The summed E-state index contributed by atoms with van der Waals surface area (Å²) in [6.07, 6.45) is 1.94. The van der Waals surface area contributed by atoms with Gasteiger partial charge >= 0.3 is 0 Å². The molecular weight excluding hydrogens is 204 g/mol. The molecule has 0 saturated heterocycles. The zero-order valence-electron chi connectivity index (χ0n) is 6.08. The Bertz CT molecular complexity index is 392. The molecule has 0 aliphatic carbocycles. The fourth-order valence-corrected chi connectivity index (χ4v) is 1.55. The van der Waals surface area contributed by atoms with Crippen molar-refractivity contribution in [1.82, 2.24) is 9.61 Å². The third-order valence-electron chi connectivity index (χ3n) is 1.57. The summed E-state index contributed by atoms with van der Waals surface area (Å²) in [5, 5.41) is 4.26. The van der Waals surface area contributed by atoms with Crippen LogP contribution in [0.15, 0.2) is 28.9 Å². The van der Waals surface area contributed by atoms with Crippen LogP contribution in [0, 0.1) is 6.92 Å². The lowest BCUT2D eigenvalue weighted by atomic mass is 10.4. The van der Waals surface area contributed by atoms with E-state index >= 15 is 0 Å². The van der Waals surface area contributed by atoms with E-state index in [9.17, 15) is 0 Å². The van der Waals surface area contributed by atoms with Crippen LogP contribution in [0.4, 0.5) is 0 Å². The molecule has 0 saturated carbocycles. The first-order valence-corrected chi connectivity index (χ1v) is 4.17. The van der Waals surface area contributed by atoms with Gasteiger partial charge in [-0.05, 0) is 41.1 Å². The minimum atomic E-state index is 1.04. The molecule has 2 aromatic rings. The van der Waals surface area contributed by atoms with Gasteiger partial charge in [0.15, 0.2) is 0 Å². The van der Waals surface area contributed by atoms with Crippen molar-refractivity contribution >= 4 is 21.4 Å². The SMILES string of the molecule is Cc1cc2c(Br)cccn2n1. The Hall–Kier alpha value is -0.830. The minimum absolute atomic E-state index is 1.04. The summed E-state index contributed by atoms with van der Waals surface area (Å²) in [4.78, 5) is 0. The maximum Gasteiger partial charge on any atom is 0.0806 e. The normalized spacial score (nSPS) is 10.7. The van der Waals surface area contributed by atoms with E-state index in [-0.39, 0.29) is 0 Å². The first kappa shape index (κ1) is 6.85. The average molecular weight is 211 g/mol. The second kappa shape index (κ2) is 2.34. The topological polar surface area (TPSA) is 17.3 Å². The Morgan fingerprint density at radius 1 is 1.55 bits per heavy atom. The summed E-state index contributed by atoms with van der Waals surface area (Å²) in [5.41, 5.74) is 2.15. The van der Waals surface area contributed by atoms with Gasteiger partial charge in [-0.2, -0.15) is 5.10 Å². The average Bonchev–Trinajstić information content (AvgIpc) is 2.31. The number of rotatable bonds is 0. The molecule has 56 valence electrons. The summed E-state index contributed by atoms with van der Waals surface area (Å²) >= 11 is 3.45. The van der Waals surface area contributed by atoms with Gasteiger partial charge in [0.1, 0.15) is 0 Å². The number of hydrogen-bond donors (Lipinski definition) is 0. The summed E-state index contributed by atoms with van der Waals surface area (Å²) in [6.45, 7) is 1.99. The van der Waals surface area contributed by atoms with E-state index in [0.717, 1.165) is 15.7 Å². The Kier molecular flexibility index (Phi) is 1.46. The van der Waals surface area contributed by atoms with Gasteiger partial charge in [0.25, 0.3) is 0 Å². The molecule has 0 radical (unpaired) electrons. The lowest BCUT2D eigenvalue weighted by Crippen LogP contribution is -1.85. The fourth-order valence-electron chi connectivity index (χ4n) is 1.10.